The number of rotatable bonds is 2. The summed E-state index contributed by atoms with van der Waals surface area (Å²) in [5, 5.41) is 0.353. The van der Waals surface area contributed by atoms with E-state index in [1.165, 1.54) is 27.3 Å². The quantitative estimate of drug-likeness (QED) is 0.533. The van der Waals surface area contributed by atoms with Crippen LogP contribution in [-0.2, 0) is 6.42 Å². The summed E-state index contributed by atoms with van der Waals surface area (Å²) < 4.78 is 5.36. The first-order chi connectivity index (χ1) is 13.3. The van der Waals surface area contributed by atoms with E-state index in [4.69, 9.17) is 9.73 Å². The molecular formula is C24H21NOS. The molecule has 27 heavy (non-hydrogen) atoms. The van der Waals surface area contributed by atoms with Gasteiger partial charge in [0.1, 0.15) is 5.75 Å². The lowest BCUT2D eigenvalue weighted by molar-refractivity contribution is 0.414. The van der Waals surface area contributed by atoms with Crippen LogP contribution in [0.3, 0.4) is 0 Å². The van der Waals surface area contributed by atoms with Crippen LogP contribution in [0.4, 0.5) is 5.69 Å². The van der Waals surface area contributed by atoms with E-state index >= 15 is 0 Å². The van der Waals surface area contributed by atoms with Crippen molar-refractivity contribution in [3.63, 3.8) is 0 Å². The summed E-state index contributed by atoms with van der Waals surface area (Å²) >= 11 is 1.95. The third-order valence-electron chi connectivity index (χ3n) is 5.54. The molecule has 2 aliphatic rings. The summed E-state index contributed by atoms with van der Waals surface area (Å²) in [6.07, 6.45) is 2.25. The number of aliphatic imine (C=N–C) groups is 1. The molecule has 0 amide bonds. The number of methoxy groups -OCH3 is 1. The van der Waals surface area contributed by atoms with Gasteiger partial charge in [-0.15, -0.1) is 11.8 Å². The Morgan fingerprint density at radius 2 is 1.70 bits per heavy atom. The molecule has 0 saturated heterocycles. The molecule has 0 radical (unpaired) electrons. The zero-order valence-corrected chi connectivity index (χ0v) is 16.1. The Morgan fingerprint density at radius 1 is 0.926 bits per heavy atom. The van der Waals surface area contributed by atoms with Crippen LogP contribution in [0.2, 0.25) is 0 Å². The van der Waals surface area contributed by atoms with Gasteiger partial charge in [0, 0.05) is 16.1 Å². The first-order valence-electron chi connectivity index (χ1n) is 9.40. The highest BCUT2D eigenvalue weighted by molar-refractivity contribution is 7.99. The summed E-state index contributed by atoms with van der Waals surface area (Å²) in [4.78, 5) is 6.44. The summed E-state index contributed by atoms with van der Waals surface area (Å²) in [5.74, 6) is 1.31. The minimum absolute atomic E-state index is 0.353. The molecule has 0 bridgehead atoms. The van der Waals surface area contributed by atoms with Gasteiger partial charge in [-0.25, -0.2) is 0 Å². The van der Waals surface area contributed by atoms with Crippen LogP contribution in [0.5, 0.6) is 5.75 Å². The lowest BCUT2D eigenvalue weighted by Crippen LogP contribution is -2.27. The topological polar surface area (TPSA) is 21.6 Å². The lowest BCUT2D eigenvalue weighted by Gasteiger charge is -2.31. The monoisotopic (exact) mass is 371 g/mol. The Labute approximate surface area is 164 Å². The van der Waals surface area contributed by atoms with E-state index in [0.29, 0.717) is 11.2 Å². The van der Waals surface area contributed by atoms with E-state index in [-0.39, 0.29) is 0 Å². The SMILES string of the molecule is COc1ccc([C@@H]2Sc3ccccc3N=C3c4ccccc4CC[C@@H]32)cc1. The van der Waals surface area contributed by atoms with Crippen LogP contribution in [0, 0.1) is 5.92 Å². The van der Waals surface area contributed by atoms with Crippen molar-refractivity contribution in [1.29, 1.82) is 0 Å². The molecule has 2 nitrogen and oxygen atoms in total. The van der Waals surface area contributed by atoms with E-state index in [9.17, 15) is 0 Å². The first kappa shape index (κ1) is 16.6. The fraction of sp³-hybridized carbons (Fsp3) is 0.208. The first-order valence-corrected chi connectivity index (χ1v) is 10.3. The van der Waals surface area contributed by atoms with Crippen molar-refractivity contribution in [3.8, 4) is 5.75 Å². The minimum Gasteiger partial charge on any atom is -0.497 e. The number of fused-ring (bicyclic) bond motifs is 4. The van der Waals surface area contributed by atoms with Gasteiger partial charge < -0.3 is 4.74 Å². The number of benzene rings is 3. The molecular weight excluding hydrogens is 350 g/mol. The fourth-order valence-corrected chi connectivity index (χ4v) is 5.55. The summed E-state index contributed by atoms with van der Waals surface area (Å²) in [5.41, 5.74) is 6.43. The van der Waals surface area contributed by atoms with Gasteiger partial charge in [0.2, 0.25) is 0 Å². The number of hydrogen-bond acceptors (Lipinski definition) is 3. The van der Waals surface area contributed by atoms with E-state index in [1.54, 1.807) is 7.11 Å². The highest BCUT2D eigenvalue weighted by Gasteiger charge is 2.35. The van der Waals surface area contributed by atoms with Gasteiger partial charge in [0.25, 0.3) is 0 Å². The van der Waals surface area contributed by atoms with Gasteiger partial charge in [-0.1, -0.05) is 48.5 Å². The summed E-state index contributed by atoms with van der Waals surface area (Å²) in [7, 11) is 1.72. The van der Waals surface area contributed by atoms with Gasteiger partial charge in [0.15, 0.2) is 0 Å². The van der Waals surface area contributed by atoms with Crippen molar-refractivity contribution in [1.82, 2.24) is 0 Å². The molecule has 1 aliphatic heterocycles. The molecule has 0 fully saturated rings. The van der Waals surface area contributed by atoms with Gasteiger partial charge in [-0.2, -0.15) is 0 Å². The van der Waals surface area contributed by atoms with Crippen molar-refractivity contribution >= 4 is 23.2 Å². The highest BCUT2D eigenvalue weighted by Crippen LogP contribution is 2.51. The lowest BCUT2D eigenvalue weighted by atomic mass is 9.78. The molecule has 3 heteroatoms. The number of hydrogen-bond donors (Lipinski definition) is 0. The predicted octanol–water partition coefficient (Wildman–Crippen LogP) is 6.23. The molecule has 0 spiro atoms. The maximum absolute atomic E-state index is 5.36. The van der Waals surface area contributed by atoms with Crippen molar-refractivity contribution in [2.75, 3.05) is 7.11 Å². The molecule has 0 aromatic heterocycles. The third-order valence-corrected chi connectivity index (χ3v) is 6.99. The molecule has 0 N–H and O–H groups in total. The molecule has 5 rings (SSSR count). The van der Waals surface area contributed by atoms with Crippen molar-refractivity contribution in [2.45, 2.75) is 23.0 Å². The number of para-hydroxylation sites is 1. The Balaban J connectivity index is 1.66. The number of ether oxygens (including phenoxy) is 1. The third kappa shape index (κ3) is 2.96. The van der Waals surface area contributed by atoms with E-state index in [0.717, 1.165) is 24.3 Å². The van der Waals surface area contributed by atoms with Crippen LogP contribution < -0.4 is 4.74 Å². The highest BCUT2D eigenvalue weighted by atomic mass is 32.2. The summed E-state index contributed by atoms with van der Waals surface area (Å²) in [6.45, 7) is 0. The Kier molecular flexibility index (Phi) is 4.25. The van der Waals surface area contributed by atoms with E-state index in [1.807, 2.05) is 11.8 Å². The Hall–Kier alpha value is -2.52. The van der Waals surface area contributed by atoms with Gasteiger partial charge in [-0.3, -0.25) is 4.99 Å². The molecule has 3 aromatic carbocycles. The van der Waals surface area contributed by atoms with E-state index in [2.05, 4.69) is 72.8 Å². The zero-order valence-electron chi connectivity index (χ0n) is 15.3. The van der Waals surface area contributed by atoms with Crippen molar-refractivity contribution in [2.24, 2.45) is 10.9 Å². The van der Waals surface area contributed by atoms with Crippen LogP contribution in [0.15, 0.2) is 82.7 Å². The van der Waals surface area contributed by atoms with Crippen LogP contribution in [-0.4, -0.2) is 12.8 Å². The fourth-order valence-electron chi connectivity index (χ4n) is 4.17. The largest absolute Gasteiger partial charge is 0.497 e. The van der Waals surface area contributed by atoms with Gasteiger partial charge >= 0.3 is 0 Å². The maximum atomic E-state index is 5.36. The van der Waals surface area contributed by atoms with Gasteiger partial charge in [0.05, 0.1) is 18.5 Å². The second-order valence-corrected chi connectivity index (χ2v) is 8.26. The second-order valence-electron chi connectivity index (χ2n) is 7.08. The van der Waals surface area contributed by atoms with Crippen molar-refractivity contribution in [3.05, 3.63) is 89.5 Å². The Morgan fingerprint density at radius 3 is 2.56 bits per heavy atom. The molecule has 0 saturated carbocycles. The van der Waals surface area contributed by atoms with E-state index < -0.39 is 0 Å². The second kappa shape index (κ2) is 6.90. The standard InChI is InChI=1S/C24H21NOS/c1-26-18-13-10-17(11-14-18)24-20-15-12-16-6-2-3-7-19(16)23(20)25-21-8-4-5-9-22(21)27-24/h2-11,13-14,20,24H,12,15H2,1H3/t20-,24-/m0/s1. The smallest absolute Gasteiger partial charge is 0.118 e. The molecule has 1 heterocycles. The van der Waals surface area contributed by atoms with Crippen LogP contribution in [0.1, 0.15) is 28.4 Å². The maximum Gasteiger partial charge on any atom is 0.118 e. The molecule has 1 aliphatic carbocycles. The molecule has 134 valence electrons. The normalized spacial score (nSPS) is 20.6. The Bertz CT molecular complexity index is 1010. The summed E-state index contributed by atoms with van der Waals surface area (Å²) in [6, 6.07) is 25.9. The predicted molar refractivity (Wildman–Crippen MR) is 112 cm³/mol. The number of aryl methyl sites for hydroxylation is 1. The average Bonchev–Trinajstić information content (AvgIpc) is 2.91. The number of thioether (sulfide) groups is 1. The molecule has 0 unspecified atom stereocenters. The molecule has 3 aromatic rings. The van der Waals surface area contributed by atoms with Crippen molar-refractivity contribution < 1.29 is 4.74 Å². The average molecular weight is 372 g/mol. The number of nitrogens with zero attached hydrogens (tertiary/aromatic N) is 1. The van der Waals surface area contributed by atoms with Crippen LogP contribution in [0.25, 0.3) is 0 Å². The van der Waals surface area contributed by atoms with Gasteiger partial charge in [-0.05, 0) is 53.8 Å². The molecule has 2 atom stereocenters. The zero-order chi connectivity index (χ0) is 18.2. The van der Waals surface area contributed by atoms with Crippen LogP contribution >= 0.6 is 11.8 Å². The minimum atomic E-state index is 0.353.